The molecule has 2 aliphatic heterocycles. The van der Waals surface area contributed by atoms with Gasteiger partial charge in [-0.05, 0) is 67.3 Å². The van der Waals surface area contributed by atoms with Gasteiger partial charge in [0.25, 0.3) is 0 Å². The molecule has 5 rings (SSSR count). The fourth-order valence-corrected chi connectivity index (χ4v) is 7.93. The van der Waals surface area contributed by atoms with Crippen LogP contribution in [-0.2, 0) is 31.3 Å². The highest BCUT2D eigenvalue weighted by atomic mass is 32.2. The fraction of sp³-hybridized carbons (Fsp3) is 0.419. The molecule has 3 aromatic carbocycles. The second-order valence-corrected chi connectivity index (χ2v) is 15.1. The minimum absolute atomic E-state index is 0.0121. The maximum atomic E-state index is 13.5. The Kier molecular flexibility index (Phi) is 10.1. The number of nitrogens with zero attached hydrogens (tertiary/aromatic N) is 1. The highest BCUT2D eigenvalue weighted by Gasteiger charge is 2.44. The van der Waals surface area contributed by atoms with Crippen LogP contribution < -0.4 is 20.5 Å². The SMILES string of the molecule is CNS(=O)(=O)c1cccc(OCC(O)CN[C@H]2COC3(CCN(S(=O)(=O)c4cccc(-c5ccc(CN)cc5)c4)CC3)C2)c1. The molecule has 0 amide bonds. The van der Waals surface area contributed by atoms with Gasteiger partial charge in [-0.15, -0.1) is 0 Å². The summed E-state index contributed by atoms with van der Waals surface area (Å²) in [6.45, 7) is 1.90. The van der Waals surface area contributed by atoms with Gasteiger partial charge in [-0.2, -0.15) is 4.31 Å². The predicted molar refractivity (Wildman–Crippen MR) is 167 cm³/mol. The average Bonchev–Trinajstić information content (AvgIpc) is 3.45. The number of hydrogen-bond donors (Lipinski definition) is 4. The zero-order chi connectivity index (χ0) is 31.4. The number of aliphatic hydroxyl groups is 1. The number of hydrogen-bond acceptors (Lipinski definition) is 9. The molecule has 5 N–H and O–H groups in total. The molecule has 13 heteroatoms. The maximum Gasteiger partial charge on any atom is 0.243 e. The molecular weight excluding hydrogens is 604 g/mol. The van der Waals surface area contributed by atoms with E-state index in [0.717, 1.165) is 16.7 Å². The Labute approximate surface area is 259 Å². The van der Waals surface area contributed by atoms with Gasteiger partial charge in [0.15, 0.2) is 0 Å². The molecule has 0 aliphatic carbocycles. The van der Waals surface area contributed by atoms with Crippen molar-refractivity contribution < 1.29 is 31.4 Å². The number of nitrogens with one attached hydrogen (secondary N) is 2. The van der Waals surface area contributed by atoms with Crippen LogP contribution in [0, 0.1) is 0 Å². The molecular formula is C31H40N4O7S2. The van der Waals surface area contributed by atoms with E-state index in [1.54, 1.807) is 30.3 Å². The summed E-state index contributed by atoms with van der Waals surface area (Å²) in [5.41, 5.74) is 8.07. The van der Waals surface area contributed by atoms with E-state index >= 15 is 0 Å². The number of sulfonamides is 2. The molecule has 1 unspecified atom stereocenters. The lowest BCUT2D eigenvalue weighted by Crippen LogP contribution is -2.47. The molecule has 238 valence electrons. The summed E-state index contributed by atoms with van der Waals surface area (Å²) in [6.07, 6.45) is 1.06. The van der Waals surface area contributed by atoms with E-state index in [4.69, 9.17) is 15.2 Å². The van der Waals surface area contributed by atoms with Crippen LogP contribution in [-0.4, -0.2) is 83.9 Å². The number of nitrogens with two attached hydrogens (primary N) is 1. The number of aliphatic hydroxyl groups excluding tert-OH is 1. The van der Waals surface area contributed by atoms with Gasteiger partial charge in [0, 0.05) is 38.3 Å². The van der Waals surface area contributed by atoms with Gasteiger partial charge in [0.2, 0.25) is 20.0 Å². The molecule has 2 atom stereocenters. The van der Waals surface area contributed by atoms with Crippen molar-refractivity contribution in [3.8, 4) is 16.9 Å². The van der Waals surface area contributed by atoms with Gasteiger partial charge >= 0.3 is 0 Å². The van der Waals surface area contributed by atoms with Crippen molar-refractivity contribution in [1.29, 1.82) is 0 Å². The average molecular weight is 645 g/mol. The van der Waals surface area contributed by atoms with Crippen molar-refractivity contribution in [3.05, 3.63) is 78.4 Å². The van der Waals surface area contributed by atoms with E-state index in [9.17, 15) is 21.9 Å². The lowest BCUT2D eigenvalue weighted by atomic mass is 9.88. The van der Waals surface area contributed by atoms with Crippen molar-refractivity contribution in [3.63, 3.8) is 0 Å². The van der Waals surface area contributed by atoms with Crippen LogP contribution >= 0.6 is 0 Å². The maximum absolute atomic E-state index is 13.5. The van der Waals surface area contributed by atoms with Gasteiger partial charge in [0.05, 0.1) is 22.0 Å². The first-order valence-electron chi connectivity index (χ1n) is 14.6. The summed E-state index contributed by atoms with van der Waals surface area (Å²) in [5.74, 6) is 0.345. The number of rotatable bonds is 12. The monoisotopic (exact) mass is 644 g/mol. The van der Waals surface area contributed by atoms with Crippen LogP contribution in [0.4, 0.5) is 0 Å². The number of piperidine rings is 1. The van der Waals surface area contributed by atoms with E-state index in [2.05, 4.69) is 10.0 Å². The van der Waals surface area contributed by atoms with Crippen molar-refractivity contribution in [2.75, 3.05) is 39.9 Å². The molecule has 0 radical (unpaired) electrons. The predicted octanol–water partition coefficient (Wildman–Crippen LogP) is 2.06. The van der Waals surface area contributed by atoms with E-state index in [0.29, 0.717) is 51.3 Å². The summed E-state index contributed by atoms with van der Waals surface area (Å²) in [4.78, 5) is 0.354. The Morgan fingerprint density at radius 3 is 2.41 bits per heavy atom. The standard InChI is InChI=1S/C31H40N4O7S2/c1-33-43(37,38)29-6-3-5-28(17-29)41-22-27(36)20-34-26-18-31(42-21-26)12-14-35(15-13-31)44(39,40)30-7-2-4-25(16-30)24-10-8-23(19-32)9-11-24/h2-11,16-17,26-27,33-34,36H,12-15,18-22,32H2,1H3/t26-,27?/m1/s1. The third kappa shape index (κ3) is 7.49. The Balaban J connectivity index is 1.10. The third-order valence-electron chi connectivity index (χ3n) is 8.31. The third-order valence-corrected chi connectivity index (χ3v) is 11.6. The zero-order valence-electron chi connectivity index (χ0n) is 24.7. The normalized spacial score (nSPS) is 19.7. The molecule has 3 aromatic rings. The lowest BCUT2D eigenvalue weighted by molar-refractivity contribution is -0.0312. The van der Waals surface area contributed by atoms with Crippen molar-refractivity contribution in [1.82, 2.24) is 14.3 Å². The van der Waals surface area contributed by atoms with Crippen LogP contribution in [0.15, 0.2) is 82.6 Å². The highest BCUT2D eigenvalue weighted by molar-refractivity contribution is 7.89. The molecule has 11 nitrogen and oxygen atoms in total. The van der Waals surface area contributed by atoms with Crippen molar-refractivity contribution in [2.24, 2.45) is 5.73 Å². The van der Waals surface area contributed by atoms with Crippen molar-refractivity contribution >= 4 is 20.0 Å². The van der Waals surface area contributed by atoms with E-state index in [-0.39, 0.29) is 29.0 Å². The first kappa shape index (κ1) is 32.5. The summed E-state index contributed by atoms with van der Waals surface area (Å²) in [7, 11) is -5.92. The molecule has 2 aliphatic rings. The van der Waals surface area contributed by atoms with E-state index < -0.39 is 31.8 Å². The second-order valence-electron chi connectivity index (χ2n) is 11.3. The molecule has 0 saturated carbocycles. The van der Waals surface area contributed by atoms with Gasteiger partial charge in [0.1, 0.15) is 18.5 Å². The smallest absolute Gasteiger partial charge is 0.243 e. The highest BCUT2D eigenvalue weighted by Crippen LogP contribution is 2.37. The van der Waals surface area contributed by atoms with Gasteiger partial charge in [-0.1, -0.05) is 42.5 Å². The summed E-state index contributed by atoms with van der Waals surface area (Å²) in [5, 5.41) is 13.8. The van der Waals surface area contributed by atoms with E-state index in [1.165, 1.54) is 23.5 Å². The van der Waals surface area contributed by atoms with Crippen LogP contribution in [0.5, 0.6) is 5.75 Å². The van der Waals surface area contributed by atoms with Gasteiger partial charge in [-0.25, -0.2) is 21.6 Å². The first-order valence-corrected chi connectivity index (χ1v) is 17.6. The molecule has 1 spiro atoms. The number of ether oxygens (including phenoxy) is 2. The van der Waals surface area contributed by atoms with Crippen LogP contribution in [0.3, 0.4) is 0 Å². The minimum atomic E-state index is -3.67. The van der Waals surface area contributed by atoms with Gasteiger partial charge in [-0.3, -0.25) is 0 Å². The zero-order valence-corrected chi connectivity index (χ0v) is 26.3. The minimum Gasteiger partial charge on any atom is -0.491 e. The largest absolute Gasteiger partial charge is 0.491 e. The summed E-state index contributed by atoms with van der Waals surface area (Å²) >= 11 is 0. The molecule has 0 bridgehead atoms. The molecule has 44 heavy (non-hydrogen) atoms. The summed E-state index contributed by atoms with van der Waals surface area (Å²) in [6, 6.07) is 20.9. The topological polar surface area (TPSA) is 160 Å². The fourth-order valence-electron chi connectivity index (χ4n) is 5.68. The molecule has 0 aromatic heterocycles. The Bertz CT molecular complexity index is 1640. The Hall–Kier alpha value is -2.88. The lowest BCUT2D eigenvalue weighted by Gasteiger charge is -2.38. The molecule has 2 fully saturated rings. The van der Waals surface area contributed by atoms with Crippen LogP contribution in [0.25, 0.3) is 11.1 Å². The van der Waals surface area contributed by atoms with E-state index in [1.807, 2.05) is 30.3 Å². The van der Waals surface area contributed by atoms with Gasteiger partial charge < -0.3 is 25.6 Å². The second kappa shape index (κ2) is 13.6. The van der Waals surface area contributed by atoms with Crippen molar-refractivity contribution in [2.45, 2.75) is 53.3 Å². The Morgan fingerprint density at radius 2 is 1.70 bits per heavy atom. The Morgan fingerprint density at radius 1 is 1.00 bits per heavy atom. The molecule has 2 saturated heterocycles. The summed E-state index contributed by atoms with van der Waals surface area (Å²) < 4.78 is 66.7. The quantitative estimate of drug-likeness (QED) is 0.231. The van der Waals surface area contributed by atoms with Crippen LogP contribution in [0.2, 0.25) is 0 Å². The molecule has 2 heterocycles. The first-order chi connectivity index (χ1) is 21.0. The van der Waals surface area contributed by atoms with Crippen LogP contribution in [0.1, 0.15) is 24.8 Å². The number of benzene rings is 3.